The average Bonchev–Trinajstić information content (AvgIpc) is 2.31. The molecule has 0 N–H and O–H groups in total. The summed E-state index contributed by atoms with van der Waals surface area (Å²) in [6.07, 6.45) is 1.59. The van der Waals surface area contributed by atoms with Gasteiger partial charge in [-0.05, 0) is 0 Å². The summed E-state index contributed by atoms with van der Waals surface area (Å²) in [5.41, 5.74) is 1.31. The summed E-state index contributed by atoms with van der Waals surface area (Å²) in [7, 11) is 0. The van der Waals surface area contributed by atoms with E-state index in [1.54, 1.807) is 19.2 Å². The van der Waals surface area contributed by atoms with Gasteiger partial charge >= 0.3 is 0 Å². The molecule has 2 rings (SSSR count). The summed E-state index contributed by atoms with van der Waals surface area (Å²) in [5, 5.41) is 0.388. The van der Waals surface area contributed by atoms with Gasteiger partial charge in [-0.15, -0.1) is 0 Å². The number of aromatic nitrogens is 2. The van der Waals surface area contributed by atoms with Gasteiger partial charge in [-0.2, -0.15) is 0 Å². The quantitative estimate of drug-likeness (QED) is 0.566. The average molecular weight is 169 g/mol. The molecule has 0 atom stereocenters. The molecule has 0 amide bonds. The number of aryl methyl sites for hydroxylation is 1. The van der Waals surface area contributed by atoms with Gasteiger partial charge in [-0.25, -0.2) is 9.97 Å². The first-order valence-corrected chi connectivity index (χ1v) is 3.53. The minimum atomic E-state index is 0.388. The highest BCUT2D eigenvalue weighted by Gasteiger charge is 2.05. The van der Waals surface area contributed by atoms with Crippen LogP contribution in [0.25, 0.3) is 11.1 Å². The molecule has 0 unspecified atom stereocenters. The highest BCUT2D eigenvalue weighted by atomic mass is 35.5. The van der Waals surface area contributed by atoms with Crippen LogP contribution in [0.4, 0.5) is 0 Å². The van der Waals surface area contributed by atoms with E-state index in [-0.39, 0.29) is 0 Å². The van der Waals surface area contributed by atoms with E-state index in [1.807, 2.05) is 0 Å². The zero-order valence-electron chi connectivity index (χ0n) is 5.84. The fourth-order valence-corrected chi connectivity index (χ4v) is 1.13. The minimum absolute atomic E-state index is 0.388. The second-order valence-corrected chi connectivity index (χ2v) is 2.54. The van der Waals surface area contributed by atoms with Crippen molar-refractivity contribution in [3.63, 3.8) is 0 Å². The number of pyridine rings is 1. The maximum Gasteiger partial charge on any atom is 0.192 e. The summed E-state index contributed by atoms with van der Waals surface area (Å²) in [6.45, 7) is 1.77. The number of rotatable bonds is 0. The molecule has 11 heavy (non-hydrogen) atoms. The Labute approximate surface area is 68.0 Å². The maximum absolute atomic E-state index is 5.74. The van der Waals surface area contributed by atoms with Crippen molar-refractivity contribution in [2.75, 3.05) is 0 Å². The zero-order valence-corrected chi connectivity index (χ0v) is 6.59. The van der Waals surface area contributed by atoms with Crippen molar-refractivity contribution in [1.82, 2.24) is 9.97 Å². The van der Waals surface area contributed by atoms with Crippen molar-refractivity contribution < 1.29 is 4.42 Å². The molecule has 0 spiro atoms. The Bertz CT molecular complexity index is 396. The lowest BCUT2D eigenvalue weighted by atomic mass is 10.4. The Morgan fingerprint density at radius 3 is 3.09 bits per heavy atom. The van der Waals surface area contributed by atoms with E-state index >= 15 is 0 Å². The highest BCUT2D eigenvalue weighted by Crippen LogP contribution is 2.20. The lowest BCUT2D eigenvalue weighted by Gasteiger charge is -1.85. The third-order valence-electron chi connectivity index (χ3n) is 1.37. The molecule has 3 nitrogen and oxygen atoms in total. The van der Waals surface area contributed by atoms with Crippen LogP contribution in [0.5, 0.6) is 0 Å². The molecule has 0 aromatic carbocycles. The number of hydrogen-bond donors (Lipinski definition) is 0. The number of halogens is 1. The highest BCUT2D eigenvalue weighted by molar-refractivity contribution is 6.33. The van der Waals surface area contributed by atoms with E-state index < -0.39 is 0 Å². The van der Waals surface area contributed by atoms with Crippen molar-refractivity contribution >= 4 is 22.7 Å². The largest absolute Gasteiger partial charge is 0.441 e. The standard InChI is InChI=1S/C7H5ClN2O/c1-4-10-6-5(11-4)2-3-9-7(6)8/h2-3H,1H3. The summed E-state index contributed by atoms with van der Waals surface area (Å²) in [6, 6.07) is 1.74. The summed E-state index contributed by atoms with van der Waals surface area (Å²) in [4.78, 5) is 7.92. The Morgan fingerprint density at radius 2 is 2.36 bits per heavy atom. The van der Waals surface area contributed by atoms with Gasteiger partial charge in [0.05, 0.1) is 0 Å². The fraction of sp³-hybridized carbons (Fsp3) is 0.143. The molecule has 56 valence electrons. The molecule has 0 aliphatic carbocycles. The summed E-state index contributed by atoms with van der Waals surface area (Å²) in [5.74, 6) is 0.606. The van der Waals surface area contributed by atoms with Crippen molar-refractivity contribution in [3.8, 4) is 0 Å². The van der Waals surface area contributed by atoms with Crippen molar-refractivity contribution in [1.29, 1.82) is 0 Å². The number of fused-ring (bicyclic) bond motifs is 1. The van der Waals surface area contributed by atoms with Crippen LogP contribution in [0.1, 0.15) is 5.89 Å². The second kappa shape index (κ2) is 2.20. The van der Waals surface area contributed by atoms with Crippen molar-refractivity contribution in [2.24, 2.45) is 0 Å². The van der Waals surface area contributed by atoms with Gasteiger partial charge in [0, 0.05) is 19.2 Å². The van der Waals surface area contributed by atoms with Gasteiger partial charge in [0.25, 0.3) is 0 Å². The molecule has 0 radical (unpaired) electrons. The van der Waals surface area contributed by atoms with Gasteiger partial charge in [0.15, 0.2) is 16.6 Å². The molecule has 0 saturated carbocycles. The molecule has 0 saturated heterocycles. The van der Waals surface area contributed by atoms with Crippen molar-refractivity contribution in [3.05, 3.63) is 23.3 Å². The number of oxazole rings is 1. The van der Waals surface area contributed by atoms with E-state index in [0.29, 0.717) is 22.1 Å². The van der Waals surface area contributed by atoms with E-state index in [9.17, 15) is 0 Å². The topological polar surface area (TPSA) is 38.9 Å². The molecule has 0 aliphatic rings. The van der Waals surface area contributed by atoms with Gasteiger partial charge < -0.3 is 4.42 Å². The van der Waals surface area contributed by atoms with Crippen LogP contribution in [0.2, 0.25) is 5.15 Å². The molecule has 2 aromatic rings. The summed E-state index contributed by atoms with van der Waals surface area (Å²) >= 11 is 5.74. The first-order chi connectivity index (χ1) is 5.27. The molecular weight excluding hydrogens is 164 g/mol. The Morgan fingerprint density at radius 1 is 1.55 bits per heavy atom. The maximum atomic E-state index is 5.74. The van der Waals surface area contributed by atoms with Crippen LogP contribution in [0.15, 0.2) is 16.7 Å². The third-order valence-corrected chi connectivity index (χ3v) is 1.65. The van der Waals surface area contributed by atoms with E-state index in [1.165, 1.54) is 0 Å². The normalized spacial score (nSPS) is 10.7. The predicted octanol–water partition coefficient (Wildman–Crippen LogP) is 2.18. The fourth-order valence-electron chi connectivity index (χ4n) is 0.935. The molecule has 2 aromatic heterocycles. The first kappa shape index (κ1) is 6.61. The molecule has 0 bridgehead atoms. The van der Waals surface area contributed by atoms with Crippen LogP contribution in [-0.4, -0.2) is 9.97 Å². The molecular formula is C7H5ClN2O. The number of nitrogens with zero attached hydrogens (tertiary/aromatic N) is 2. The van der Waals surface area contributed by atoms with E-state index in [4.69, 9.17) is 16.0 Å². The molecule has 4 heteroatoms. The van der Waals surface area contributed by atoms with Crippen LogP contribution < -0.4 is 0 Å². The smallest absolute Gasteiger partial charge is 0.192 e. The lowest BCUT2D eigenvalue weighted by Crippen LogP contribution is -1.75. The SMILES string of the molecule is Cc1nc2c(Cl)nccc2o1. The van der Waals surface area contributed by atoms with Gasteiger partial charge in [-0.3, -0.25) is 0 Å². The second-order valence-electron chi connectivity index (χ2n) is 2.18. The lowest BCUT2D eigenvalue weighted by molar-refractivity contribution is 0.561. The Kier molecular flexibility index (Phi) is 1.32. The van der Waals surface area contributed by atoms with Crippen molar-refractivity contribution in [2.45, 2.75) is 6.92 Å². The first-order valence-electron chi connectivity index (χ1n) is 3.15. The van der Waals surface area contributed by atoms with Crippen LogP contribution in [0, 0.1) is 6.92 Å². The molecule has 0 aliphatic heterocycles. The number of hydrogen-bond acceptors (Lipinski definition) is 3. The van der Waals surface area contributed by atoms with Gasteiger partial charge in [-0.1, -0.05) is 11.6 Å². The zero-order chi connectivity index (χ0) is 7.84. The van der Waals surface area contributed by atoms with Crippen LogP contribution in [-0.2, 0) is 0 Å². The Balaban J connectivity index is 2.90. The van der Waals surface area contributed by atoms with Gasteiger partial charge in [0.2, 0.25) is 0 Å². The van der Waals surface area contributed by atoms with E-state index in [2.05, 4.69) is 9.97 Å². The predicted molar refractivity (Wildman–Crippen MR) is 41.6 cm³/mol. The van der Waals surface area contributed by atoms with E-state index in [0.717, 1.165) is 0 Å². The Hall–Kier alpha value is -1.09. The molecule has 2 heterocycles. The van der Waals surface area contributed by atoms with Gasteiger partial charge in [0.1, 0.15) is 5.52 Å². The van der Waals surface area contributed by atoms with Crippen LogP contribution in [0.3, 0.4) is 0 Å². The monoisotopic (exact) mass is 168 g/mol. The summed E-state index contributed by atoms with van der Waals surface area (Å²) < 4.78 is 5.21. The minimum Gasteiger partial charge on any atom is -0.441 e. The molecule has 0 fully saturated rings. The third kappa shape index (κ3) is 0.973. The van der Waals surface area contributed by atoms with Crippen LogP contribution >= 0.6 is 11.6 Å².